The summed E-state index contributed by atoms with van der Waals surface area (Å²) in [6, 6.07) is 3.76. The second kappa shape index (κ2) is 3.14. The molecule has 4 heteroatoms. The molecule has 0 aliphatic rings. The molecule has 0 aliphatic heterocycles. The second-order valence-electron chi connectivity index (χ2n) is 3.27. The van der Waals surface area contributed by atoms with Crippen LogP contribution in [0.5, 0.6) is 0 Å². The SMILES string of the molecule is CC(C(N)=O)c1c[nH]c2ncccc12. The third kappa shape index (κ3) is 1.25. The molecule has 2 aromatic heterocycles. The van der Waals surface area contributed by atoms with Crippen LogP contribution in [0.1, 0.15) is 18.4 Å². The molecule has 2 aromatic rings. The average Bonchev–Trinajstić information content (AvgIpc) is 2.60. The highest BCUT2D eigenvalue weighted by Gasteiger charge is 2.15. The van der Waals surface area contributed by atoms with Gasteiger partial charge in [0, 0.05) is 17.8 Å². The lowest BCUT2D eigenvalue weighted by Crippen LogP contribution is -2.18. The number of fused-ring (bicyclic) bond motifs is 1. The van der Waals surface area contributed by atoms with Gasteiger partial charge in [0.1, 0.15) is 5.65 Å². The molecule has 72 valence electrons. The van der Waals surface area contributed by atoms with Crippen LogP contribution in [0.2, 0.25) is 0 Å². The number of hydrogen-bond donors (Lipinski definition) is 2. The molecule has 0 bridgehead atoms. The number of primary amides is 1. The molecular formula is C10H11N3O. The summed E-state index contributed by atoms with van der Waals surface area (Å²) in [5.41, 5.74) is 6.94. The Morgan fingerprint density at radius 2 is 2.43 bits per heavy atom. The van der Waals surface area contributed by atoms with Gasteiger partial charge in [0.05, 0.1) is 5.92 Å². The number of pyridine rings is 1. The Bertz CT molecular complexity index is 475. The molecule has 0 spiro atoms. The summed E-state index contributed by atoms with van der Waals surface area (Å²) in [5.74, 6) is -0.609. The normalized spacial score (nSPS) is 12.9. The number of aromatic amines is 1. The van der Waals surface area contributed by atoms with E-state index in [9.17, 15) is 4.79 Å². The van der Waals surface area contributed by atoms with Crippen molar-refractivity contribution in [3.63, 3.8) is 0 Å². The monoisotopic (exact) mass is 189 g/mol. The van der Waals surface area contributed by atoms with Crippen molar-refractivity contribution in [3.05, 3.63) is 30.1 Å². The molecule has 3 N–H and O–H groups in total. The first-order valence-electron chi connectivity index (χ1n) is 4.41. The minimum atomic E-state index is -0.324. The number of nitrogens with two attached hydrogens (primary N) is 1. The van der Waals surface area contributed by atoms with Crippen LogP contribution >= 0.6 is 0 Å². The van der Waals surface area contributed by atoms with Crippen LogP contribution < -0.4 is 5.73 Å². The van der Waals surface area contributed by atoms with Gasteiger partial charge in [0.15, 0.2) is 0 Å². The van der Waals surface area contributed by atoms with Crippen molar-refractivity contribution in [1.29, 1.82) is 0 Å². The molecule has 0 saturated heterocycles. The van der Waals surface area contributed by atoms with E-state index in [0.717, 1.165) is 16.6 Å². The predicted octanol–water partition coefficient (Wildman–Crippen LogP) is 1.15. The van der Waals surface area contributed by atoms with E-state index in [1.54, 1.807) is 19.3 Å². The number of rotatable bonds is 2. The van der Waals surface area contributed by atoms with Crippen LogP contribution in [0.3, 0.4) is 0 Å². The Labute approximate surface area is 81.1 Å². The van der Waals surface area contributed by atoms with Crippen molar-refractivity contribution in [2.75, 3.05) is 0 Å². The predicted molar refractivity (Wildman–Crippen MR) is 53.7 cm³/mol. The fourth-order valence-electron chi connectivity index (χ4n) is 1.49. The van der Waals surface area contributed by atoms with Crippen molar-refractivity contribution >= 4 is 16.9 Å². The van der Waals surface area contributed by atoms with Gasteiger partial charge in [0.25, 0.3) is 0 Å². The van der Waals surface area contributed by atoms with E-state index < -0.39 is 0 Å². The summed E-state index contributed by atoms with van der Waals surface area (Å²) < 4.78 is 0. The van der Waals surface area contributed by atoms with Crippen molar-refractivity contribution in [2.45, 2.75) is 12.8 Å². The van der Waals surface area contributed by atoms with E-state index in [1.807, 2.05) is 12.1 Å². The lowest BCUT2D eigenvalue weighted by molar-refractivity contribution is -0.119. The summed E-state index contributed by atoms with van der Waals surface area (Å²) in [7, 11) is 0. The Balaban J connectivity index is 2.58. The van der Waals surface area contributed by atoms with Crippen molar-refractivity contribution in [3.8, 4) is 0 Å². The Morgan fingerprint density at radius 1 is 1.64 bits per heavy atom. The van der Waals surface area contributed by atoms with Crippen LogP contribution in [0.25, 0.3) is 11.0 Å². The van der Waals surface area contributed by atoms with Gasteiger partial charge in [-0.3, -0.25) is 4.79 Å². The first-order valence-corrected chi connectivity index (χ1v) is 4.41. The molecule has 1 atom stereocenters. The number of carbonyl (C=O) groups excluding carboxylic acids is 1. The molecule has 0 saturated carbocycles. The first-order chi connectivity index (χ1) is 6.70. The summed E-state index contributed by atoms with van der Waals surface area (Å²) in [6.07, 6.45) is 3.49. The van der Waals surface area contributed by atoms with E-state index in [2.05, 4.69) is 9.97 Å². The van der Waals surface area contributed by atoms with Gasteiger partial charge in [-0.15, -0.1) is 0 Å². The van der Waals surface area contributed by atoms with E-state index in [-0.39, 0.29) is 11.8 Å². The third-order valence-corrected chi connectivity index (χ3v) is 2.38. The standard InChI is InChI=1S/C10H11N3O/c1-6(9(11)14)8-5-13-10-7(8)3-2-4-12-10/h2-6H,1H3,(H2,11,14)(H,12,13). The molecule has 0 radical (unpaired) electrons. The highest BCUT2D eigenvalue weighted by Crippen LogP contribution is 2.23. The van der Waals surface area contributed by atoms with Gasteiger partial charge in [-0.05, 0) is 24.6 Å². The van der Waals surface area contributed by atoms with Crippen LogP contribution in [0, 0.1) is 0 Å². The highest BCUT2D eigenvalue weighted by molar-refractivity contribution is 5.89. The lowest BCUT2D eigenvalue weighted by Gasteiger charge is -2.04. The molecular weight excluding hydrogens is 178 g/mol. The molecule has 0 aromatic carbocycles. The molecule has 2 rings (SSSR count). The largest absolute Gasteiger partial charge is 0.369 e. The lowest BCUT2D eigenvalue weighted by atomic mass is 10.0. The number of hydrogen-bond acceptors (Lipinski definition) is 2. The molecule has 0 aliphatic carbocycles. The third-order valence-electron chi connectivity index (χ3n) is 2.38. The number of H-pyrrole nitrogens is 1. The maximum absolute atomic E-state index is 11.0. The minimum absolute atomic E-state index is 0.284. The number of amides is 1. The zero-order valence-corrected chi connectivity index (χ0v) is 7.82. The molecule has 1 amide bonds. The van der Waals surface area contributed by atoms with E-state index in [4.69, 9.17) is 5.73 Å². The van der Waals surface area contributed by atoms with Crippen molar-refractivity contribution in [1.82, 2.24) is 9.97 Å². The summed E-state index contributed by atoms with van der Waals surface area (Å²) >= 11 is 0. The summed E-state index contributed by atoms with van der Waals surface area (Å²) in [4.78, 5) is 18.2. The first kappa shape index (κ1) is 8.74. The highest BCUT2D eigenvalue weighted by atomic mass is 16.1. The molecule has 0 fully saturated rings. The van der Waals surface area contributed by atoms with Gasteiger partial charge in [-0.25, -0.2) is 4.98 Å². The van der Waals surface area contributed by atoms with E-state index in [0.29, 0.717) is 0 Å². The summed E-state index contributed by atoms with van der Waals surface area (Å²) in [6.45, 7) is 1.79. The number of nitrogens with one attached hydrogen (secondary N) is 1. The summed E-state index contributed by atoms with van der Waals surface area (Å²) in [5, 5.41) is 0.957. The Kier molecular flexibility index (Phi) is 1.96. The fraction of sp³-hybridized carbons (Fsp3) is 0.200. The topological polar surface area (TPSA) is 71.8 Å². The quantitative estimate of drug-likeness (QED) is 0.743. The van der Waals surface area contributed by atoms with Gasteiger partial charge in [0.2, 0.25) is 5.91 Å². The van der Waals surface area contributed by atoms with Gasteiger partial charge in [-0.2, -0.15) is 0 Å². The van der Waals surface area contributed by atoms with Crippen molar-refractivity contribution < 1.29 is 4.79 Å². The molecule has 2 heterocycles. The number of aromatic nitrogens is 2. The minimum Gasteiger partial charge on any atom is -0.369 e. The van der Waals surface area contributed by atoms with Crippen LogP contribution in [-0.4, -0.2) is 15.9 Å². The Morgan fingerprint density at radius 3 is 3.14 bits per heavy atom. The zero-order valence-electron chi connectivity index (χ0n) is 7.82. The van der Waals surface area contributed by atoms with E-state index in [1.165, 1.54) is 0 Å². The van der Waals surface area contributed by atoms with Gasteiger partial charge in [-0.1, -0.05) is 0 Å². The van der Waals surface area contributed by atoms with Gasteiger partial charge < -0.3 is 10.7 Å². The van der Waals surface area contributed by atoms with Crippen LogP contribution in [-0.2, 0) is 4.79 Å². The number of nitrogens with zero attached hydrogens (tertiary/aromatic N) is 1. The molecule has 14 heavy (non-hydrogen) atoms. The maximum Gasteiger partial charge on any atom is 0.224 e. The number of carbonyl (C=O) groups is 1. The van der Waals surface area contributed by atoms with Crippen LogP contribution in [0.15, 0.2) is 24.5 Å². The molecule has 4 nitrogen and oxygen atoms in total. The molecule has 1 unspecified atom stereocenters. The zero-order chi connectivity index (χ0) is 10.1. The smallest absolute Gasteiger partial charge is 0.224 e. The Hall–Kier alpha value is -1.84. The fourth-order valence-corrected chi connectivity index (χ4v) is 1.49. The van der Waals surface area contributed by atoms with Gasteiger partial charge >= 0.3 is 0 Å². The average molecular weight is 189 g/mol. The second-order valence-corrected chi connectivity index (χ2v) is 3.27. The van der Waals surface area contributed by atoms with E-state index >= 15 is 0 Å². The maximum atomic E-state index is 11.0. The van der Waals surface area contributed by atoms with Crippen molar-refractivity contribution in [2.24, 2.45) is 5.73 Å². The van der Waals surface area contributed by atoms with Crippen LogP contribution in [0.4, 0.5) is 0 Å².